The number of rotatable bonds is 6. The smallest absolute Gasteiger partial charge is 0.254 e. The number of unbranched alkanes of at least 4 members (excludes halogenated alkanes) is 2. The zero-order chi connectivity index (χ0) is 12.7. The van der Waals surface area contributed by atoms with Crippen molar-refractivity contribution in [2.75, 3.05) is 13.1 Å². The third-order valence-electron chi connectivity index (χ3n) is 2.36. The summed E-state index contributed by atoms with van der Waals surface area (Å²) >= 11 is 0. The maximum absolute atomic E-state index is 13.3. The molecule has 0 unspecified atom stereocenters. The van der Waals surface area contributed by atoms with Crippen LogP contribution in [0, 0.1) is 5.82 Å². The molecule has 17 heavy (non-hydrogen) atoms. The Balaban J connectivity index is 2.42. The number of phenolic OH excluding ortho intramolecular Hbond substituents is 1. The molecule has 0 fully saturated rings. The van der Waals surface area contributed by atoms with Crippen molar-refractivity contribution in [1.82, 2.24) is 5.32 Å². The molecule has 0 aromatic heterocycles. The van der Waals surface area contributed by atoms with Crippen LogP contribution in [-0.2, 0) is 0 Å². The van der Waals surface area contributed by atoms with E-state index in [4.69, 9.17) is 10.8 Å². The van der Waals surface area contributed by atoms with Gasteiger partial charge in [0.05, 0.1) is 5.56 Å². The molecule has 0 spiro atoms. The molecule has 4 nitrogen and oxygen atoms in total. The lowest BCUT2D eigenvalue weighted by molar-refractivity contribution is 0.0949. The number of aromatic hydroxyl groups is 1. The molecule has 0 aliphatic rings. The molecule has 4 N–H and O–H groups in total. The number of nitrogens with one attached hydrogen (secondary N) is 1. The van der Waals surface area contributed by atoms with Crippen LogP contribution >= 0.6 is 0 Å². The number of hydrogen-bond donors (Lipinski definition) is 3. The standard InChI is InChI=1S/C12H17FN2O2/c13-11-8-9(16)4-5-10(11)12(17)15-7-3-1-2-6-14/h4-5,8,16H,1-3,6-7,14H2,(H,15,17). The summed E-state index contributed by atoms with van der Waals surface area (Å²) in [5.41, 5.74) is 5.28. The number of carbonyl (C=O) groups excluding carboxylic acids is 1. The maximum Gasteiger partial charge on any atom is 0.254 e. The Morgan fingerprint density at radius 1 is 1.35 bits per heavy atom. The summed E-state index contributed by atoms with van der Waals surface area (Å²) in [5, 5.41) is 11.6. The molecule has 94 valence electrons. The Kier molecular flexibility index (Phi) is 5.42. The fraction of sp³-hybridized carbons (Fsp3) is 0.417. The van der Waals surface area contributed by atoms with Gasteiger partial charge in [0, 0.05) is 12.6 Å². The first-order valence-corrected chi connectivity index (χ1v) is 5.62. The predicted molar refractivity (Wildman–Crippen MR) is 63.3 cm³/mol. The number of halogens is 1. The van der Waals surface area contributed by atoms with Crippen molar-refractivity contribution in [3.05, 3.63) is 29.6 Å². The van der Waals surface area contributed by atoms with Gasteiger partial charge in [-0.2, -0.15) is 0 Å². The van der Waals surface area contributed by atoms with E-state index in [-0.39, 0.29) is 11.3 Å². The molecular weight excluding hydrogens is 223 g/mol. The summed E-state index contributed by atoms with van der Waals surface area (Å²) < 4.78 is 13.3. The summed E-state index contributed by atoms with van der Waals surface area (Å²) in [7, 11) is 0. The van der Waals surface area contributed by atoms with Crippen LogP contribution in [0.4, 0.5) is 4.39 Å². The molecular formula is C12H17FN2O2. The van der Waals surface area contributed by atoms with E-state index in [1.807, 2.05) is 0 Å². The average Bonchev–Trinajstić information content (AvgIpc) is 2.28. The van der Waals surface area contributed by atoms with E-state index < -0.39 is 11.7 Å². The summed E-state index contributed by atoms with van der Waals surface area (Å²) in [5.74, 6) is -1.37. The molecule has 0 atom stereocenters. The molecule has 1 rings (SSSR count). The molecule has 0 saturated carbocycles. The normalized spacial score (nSPS) is 10.2. The van der Waals surface area contributed by atoms with E-state index in [0.29, 0.717) is 13.1 Å². The van der Waals surface area contributed by atoms with Gasteiger partial charge in [0.25, 0.3) is 5.91 Å². The number of benzene rings is 1. The van der Waals surface area contributed by atoms with Crippen molar-refractivity contribution >= 4 is 5.91 Å². The number of carbonyl (C=O) groups is 1. The molecule has 0 saturated heterocycles. The van der Waals surface area contributed by atoms with E-state index in [0.717, 1.165) is 25.3 Å². The zero-order valence-electron chi connectivity index (χ0n) is 9.58. The third kappa shape index (κ3) is 4.40. The lowest BCUT2D eigenvalue weighted by atomic mass is 10.2. The van der Waals surface area contributed by atoms with Crippen molar-refractivity contribution in [2.24, 2.45) is 5.73 Å². The van der Waals surface area contributed by atoms with Crippen molar-refractivity contribution < 1.29 is 14.3 Å². The summed E-state index contributed by atoms with van der Waals surface area (Å²) in [6.07, 6.45) is 2.68. The van der Waals surface area contributed by atoms with Crippen LogP contribution in [0.2, 0.25) is 0 Å². The van der Waals surface area contributed by atoms with Gasteiger partial charge in [0.1, 0.15) is 11.6 Å². The number of amides is 1. The van der Waals surface area contributed by atoms with Gasteiger partial charge in [0.2, 0.25) is 0 Å². The Morgan fingerprint density at radius 2 is 2.12 bits per heavy atom. The molecule has 1 amide bonds. The van der Waals surface area contributed by atoms with Gasteiger partial charge in [-0.05, 0) is 31.5 Å². The van der Waals surface area contributed by atoms with Gasteiger partial charge in [-0.15, -0.1) is 0 Å². The van der Waals surface area contributed by atoms with Crippen LogP contribution in [0.25, 0.3) is 0 Å². The second-order valence-electron chi connectivity index (χ2n) is 3.77. The number of nitrogens with two attached hydrogens (primary N) is 1. The minimum atomic E-state index is -0.718. The maximum atomic E-state index is 13.3. The minimum Gasteiger partial charge on any atom is -0.508 e. The fourth-order valence-corrected chi connectivity index (χ4v) is 1.43. The first-order chi connectivity index (χ1) is 8.15. The van der Waals surface area contributed by atoms with Crippen LogP contribution in [0.15, 0.2) is 18.2 Å². The largest absolute Gasteiger partial charge is 0.508 e. The molecule has 5 heteroatoms. The Hall–Kier alpha value is -1.62. The van der Waals surface area contributed by atoms with Gasteiger partial charge in [0.15, 0.2) is 0 Å². The van der Waals surface area contributed by atoms with Crippen LogP contribution in [0.3, 0.4) is 0 Å². The minimum absolute atomic E-state index is 0.0541. The van der Waals surface area contributed by atoms with Crippen molar-refractivity contribution in [1.29, 1.82) is 0 Å². The van der Waals surface area contributed by atoms with Gasteiger partial charge in [-0.25, -0.2) is 4.39 Å². The molecule has 0 heterocycles. The predicted octanol–water partition coefficient (Wildman–Crippen LogP) is 1.39. The quantitative estimate of drug-likeness (QED) is 0.658. The number of hydrogen-bond acceptors (Lipinski definition) is 3. The van der Waals surface area contributed by atoms with Crippen LogP contribution in [0.5, 0.6) is 5.75 Å². The van der Waals surface area contributed by atoms with Crippen molar-refractivity contribution in [3.8, 4) is 5.75 Å². The average molecular weight is 240 g/mol. The van der Waals surface area contributed by atoms with E-state index in [1.165, 1.54) is 12.1 Å². The van der Waals surface area contributed by atoms with Gasteiger partial charge in [-0.3, -0.25) is 4.79 Å². The van der Waals surface area contributed by atoms with E-state index >= 15 is 0 Å². The Morgan fingerprint density at radius 3 is 2.76 bits per heavy atom. The Labute approximate surface area is 99.6 Å². The summed E-state index contributed by atoms with van der Waals surface area (Å²) in [4.78, 5) is 11.6. The molecule has 0 radical (unpaired) electrons. The molecule has 0 aliphatic carbocycles. The van der Waals surface area contributed by atoms with Gasteiger partial charge in [-0.1, -0.05) is 6.42 Å². The monoisotopic (exact) mass is 240 g/mol. The van der Waals surface area contributed by atoms with Gasteiger partial charge >= 0.3 is 0 Å². The second-order valence-corrected chi connectivity index (χ2v) is 3.77. The summed E-state index contributed by atoms with van der Waals surface area (Å²) in [6, 6.07) is 3.47. The highest BCUT2D eigenvalue weighted by molar-refractivity contribution is 5.94. The molecule has 0 aliphatic heterocycles. The molecule has 1 aromatic carbocycles. The van der Waals surface area contributed by atoms with E-state index in [2.05, 4.69) is 5.32 Å². The van der Waals surface area contributed by atoms with Crippen molar-refractivity contribution in [2.45, 2.75) is 19.3 Å². The highest BCUT2D eigenvalue weighted by Gasteiger charge is 2.11. The van der Waals surface area contributed by atoms with Crippen LogP contribution in [0.1, 0.15) is 29.6 Å². The van der Waals surface area contributed by atoms with Crippen LogP contribution in [-0.4, -0.2) is 24.1 Å². The SMILES string of the molecule is NCCCCCNC(=O)c1ccc(O)cc1F. The van der Waals surface area contributed by atoms with E-state index in [9.17, 15) is 9.18 Å². The molecule has 1 aromatic rings. The second kappa shape index (κ2) is 6.85. The highest BCUT2D eigenvalue weighted by Crippen LogP contribution is 2.14. The first-order valence-electron chi connectivity index (χ1n) is 5.62. The summed E-state index contributed by atoms with van der Waals surface area (Å²) in [6.45, 7) is 1.14. The van der Waals surface area contributed by atoms with Crippen LogP contribution < -0.4 is 11.1 Å². The fourth-order valence-electron chi connectivity index (χ4n) is 1.43. The Bertz CT molecular complexity index is 383. The first kappa shape index (κ1) is 13.4. The topological polar surface area (TPSA) is 75.3 Å². The zero-order valence-corrected chi connectivity index (χ0v) is 9.58. The van der Waals surface area contributed by atoms with Gasteiger partial charge < -0.3 is 16.2 Å². The van der Waals surface area contributed by atoms with E-state index in [1.54, 1.807) is 0 Å². The molecule has 0 bridgehead atoms. The lowest BCUT2D eigenvalue weighted by Gasteiger charge is -2.06. The van der Waals surface area contributed by atoms with Crippen molar-refractivity contribution in [3.63, 3.8) is 0 Å². The number of phenols is 1. The highest BCUT2D eigenvalue weighted by atomic mass is 19.1. The lowest BCUT2D eigenvalue weighted by Crippen LogP contribution is -2.25. The third-order valence-corrected chi connectivity index (χ3v) is 2.36.